The van der Waals surface area contributed by atoms with Crippen molar-refractivity contribution >= 4 is 45.0 Å². The summed E-state index contributed by atoms with van der Waals surface area (Å²) in [5.74, 6) is 2.80. The Labute approximate surface area is 307 Å². The van der Waals surface area contributed by atoms with Crippen LogP contribution in [0.3, 0.4) is 0 Å². The zero-order valence-corrected chi connectivity index (χ0v) is 29.9. The van der Waals surface area contributed by atoms with Crippen LogP contribution in [0.15, 0.2) is 155 Å². The summed E-state index contributed by atoms with van der Waals surface area (Å²) in [6.07, 6.45) is 0. The number of anilines is 3. The van der Waals surface area contributed by atoms with Crippen LogP contribution < -0.4 is 9.80 Å². The molecule has 8 aromatic rings. The van der Waals surface area contributed by atoms with E-state index >= 15 is 0 Å². The molecule has 0 N–H and O–H groups in total. The summed E-state index contributed by atoms with van der Waals surface area (Å²) in [6.45, 7) is 8.99. The van der Waals surface area contributed by atoms with Crippen LogP contribution in [-0.2, 0) is 0 Å². The minimum Gasteiger partial charge on any atom is -0.456 e. The Kier molecular flexibility index (Phi) is 6.73. The van der Waals surface area contributed by atoms with Gasteiger partial charge in [-0.25, -0.2) is 19.9 Å². The van der Waals surface area contributed by atoms with Crippen LogP contribution in [0.1, 0.15) is 27.7 Å². The quantitative estimate of drug-likeness (QED) is 0.179. The largest absolute Gasteiger partial charge is 0.456 e. The third-order valence-corrected chi connectivity index (χ3v) is 11.1. The molecule has 2 aliphatic rings. The highest BCUT2D eigenvalue weighted by Crippen LogP contribution is 2.52. The molecule has 0 fully saturated rings. The van der Waals surface area contributed by atoms with Gasteiger partial charge in [0, 0.05) is 33.2 Å². The number of benzene rings is 6. The SMILES string of the molecule is CC1(C)N=C2N(c3cccc(-c4ccc5oc6cccc(-c7nc(-c8ccccc8)nc(-c8ccccc8)n7)c6c5c4)c3)c3ccccc3N2C1(C)C. The molecule has 6 aromatic carbocycles. The number of furan rings is 1. The van der Waals surface area contributed by atoms with E-state index in [1.54, 1.807) is 0 Å². The van der Waals surface area contributed by atoms with Crippen LogP contribution in [0, 0.1) is 0 Å². The van der Waals surface area contributed by atoms with Crippen LogP contribution >= 0.6 is 0 Å². The highest BCUT2D eigenvalue weighted by molar-refractivity contribution is 6.22. The standard InChI is InChI=1S/C46H36N6O/c1-45(2)46(3,4)52-37-23-12-11-22-36(37)51(44(52)50-45)33-20-13-19-31(27-33)32-25-26-38-35(28-32)40-34(21-14-24-39(40)53-38)43-48-41(29-15-7-5-8-16-29)47-42(49-43)30-17-9-6-10-18-30/h5-28H,1-4H3. The van der Waals surface area contributed by atoms with Crippen LogP contribution in [0.5, 0.6) is 0 Å². The predicted molar refractivity (Wildman–Crippen MR) is 216 cm³/mol. The number of fused-ring (bicyclic) bond motifs is 6. The monoisotopic (exact) mass is 688 g/mol. The number of guanidine groups is 1. The molecule has 7 heteroatoms. The number of nitrogens with zero attached hydrogens (tertiary/aromatic N) is 6. The average Bonchev–Trinajstić information content (AvgIpc) is 3.79. The van der Waals surface area contributed by atoms with Crippen LogP contribution in [-0.4, -0.2) is 32.0 Å². The lowest BCUT2D eigenvalue weighted by molar-refractivity contribution is 0.338. The van der Waals surface area contributed by atoms with Gasteiger partial charge < -0.3 is 9.32 Å². The van der Waals surface area contributed by atoms with Crippen LogP contribution in [0.25, 0.3) is 67.2 Å². The summed E-state index contributed by atoms with van der Waals surface area (Å²) in [5.41, 5.74) is 9.44. The molecule has 4 heterocycles. The Balaban J connectivity index is 1.11. The van der Waals surface area contributed by atoms with E-state index in [0.717, 1.165) is 67.1 Å². The molecule has 0 saturated heterocycles. The maximum atomic E-state index is 6.46. The van der Waals surface area contributed by atoms with Gasteiger partial charge >= 0.3 is 0 Å². The smallest absolute Gasteiger partial charge is 0.211 e. The third-order valence-electron chi connectivity index (χ3n) is 11.1. The van der Waals surface area contributed by atoms with Gasteiger partial charge in [0.15, 0.2) is 17.5 Å². The van der Waals surface area contributed by atoms with Crippen molar-refractivity contribution in [1.29, 1.82) is 0 Å². The minimum atomic E-state index is -0.265. The summed E-state index contributed by atoms with van der Waals surface area (Å²) in [5, 5.41) is 1.97. The highest BCUT2D eigenvalue weighted by atomic mass is 16.3. The third kappa shape index (κ3) is 4.81. The fraction of sp³-hybridized carbons (Fsp3) is 0.130. The summed E-state index contributed by atoms with van der Waals surface area (Å²) >= 11 is 0. The first kappa shape index (κ1) is 31.2. The maximum Gasteiger partial charge on any atom is 0.211 e. The summed E-state index contributed by atoms with van der Waals surface area (Å²) in [4.78, 5) is 25.0. The lowest BCUT2D eigenvalue weighted by Gasteiger charge is -2.39. The summed E-state index contributed by atoms with van der Waals surface area (Å²) in [6, 6.07) is 50.0. The number of rotatable bonds is 5. The molecule has 10 rings (SSSR count). The molecule has 0 atom stereocenters. The van der Waals surface area contributed by atoms with Crippen molar-refractivity contribution in [2.45, 2.75) is 38.8 Å². The molecule has 0 unspecified atom stereocenters. The normalized spacial score (nSPS) is 15.5. The molecule has 0 radical (unpaired) electrons. The molecule has 0 bridgehead atoms. The van der Waals surface area contributed by atoms with Crippen LogP contribution in [0.2, 0.25) is 0 Å². The average molecular weight is 689 g/mol. The number of hydrogen-bond acceptors (Lipinski definition) is 7. The van der Waals surface area contributed by atoms with Crippen LogP contribution in [0.4, 0.5) is 17.1 Å². The molecule has 2 aromatic heterocycles. The van der Waals surface area contributed by atoms with E-state index in [1.165, 1.54) is 5.69 Å². The molecule has 53 heavy (non-hydrogen) atoms. The van der Waals surface area contributed by atoms with Crippen molar-refractivity contribution in [3.8, 4) is 45.3 Å². The Morgan fingerprint density at radius 3 is 1.83 bits per heavy atom. The summed E-state index contributed by atoms with van der Waals surface area (Å²) < 4.78 is 6.46. The number of hydrogen-bond donors (Lipinski definition) is 0. The lowest BCUT2D eigenvalue weighted by atomic mass is 9.83. The van der Waals surface area contributed by atoms with Gasteiger partial charge in [0.05, 0.1) is 22.5 Å². The predicted octanol–water partition coefficient (Wildman–Crippen LogP) is 11.3. The van der Waals surface area contributed by atoms with Crippen molar-refractivity contribution in [3.05, 3.63) is 146 Å². The van der Waals surface area contributed by atoms with Gasteiger partial charge in [0.1, 0.15) is 11.2 Å². The van der Waals surface area contributed by atoms with E-state index in [0.29, 0.717) is 17.5 Å². The zero-order valence-electron chi connectivity index (χ0n) is 29.9. The minimum absolute atomic E-state index is 0.196. The molecule has 2 aliphatic heterocycles. The molecule has 256 valence electrons. The summed E-state index contributed by atoms with van der Waals surface area (Å²) in [7, 11) is 0. The van der Waals surface area contributed by atoms with E-state index in [1.807, 2.05) is 72.8 Å². The van der Waals surface area contributed by atoms with E-state index in [2.05, 4.69) is 110 Å². The van der Waals surface area contributed by atoms with Crippen molar-refractivity contribution in [2.24, 2.45) is 4.99 Å². The van der Waals surface area contributed by atoms with Crippen molar-refractivity contribution in [2.75, 3.05) is 9.80 Å². The molecular weight excluding hydrogens is 653 g/mol. The Morgan fingerprint density at radius 2 is 1.11 bits per heavy atom. The van der Waals surface area contributed by atoms with Crippen molar-refractivity contribution < 1.29 is 4.42 Å². The fourth-order valence-electron chi connectivity index (χ4n) is 7.67. The van der Waals surface area contributed by atoms with E-state index in [-0.39, 0.29) is 11.1 Å². The molecular formula is C46H36N6O. The second-order valence-electron chi connectivity index (χ2n) is 14.8. The second-order valence-corrected chi connectivity index (χ2v) is 14.8. The highest BCUT2D eigenvalue weighted by Gasteiger charge is 2.54. The van der Waals surface area contributed by atoms with Gasteiger partial charge in [0.25, 0.3) is 0 Å². The van der Waals surface area contributed by atoms with Crippen molar-refractivity contribution in [1.82, 2.24) is 15.0 Å². The first-order valence-electron chi connectivity index (χ1n) is 18.0. The lowest BCUT2D eigenvalue weighted by Crippen LogP contribution is -2.53. The van der Waals surface area contributed by atoms with Gasteiger partial charge in [-0.05, 0) is 81.3 Å². The fourth-order valence-corrected chi connectivity index (χ4v) is 7.67. The first-order chi connectivity index (χ1) is 25.8. The topological polar surface area (TPSA) is 70.6 Å². The number of aliphatic imine (C=N–C) groups is 1. The van der Waals surface area contributed by atoms with E-state index < -0.39 is 0 Å². The second kappa shape index (κ2) is 11.5. The van der Waals surface area contributed by atoms with Gasteiger partial charge in [0.2, 0.25) is 5.96 Å². The first-order valence-corrected chi connectivity index (χ1v) is 18.0. The molecule has 0 spiro atoms. The van der Waals surface area contributed by atoms with E-state index in [4.69, 9.17) is 24.4 Å². The Morgan fingerprint density at radius 1 is 0.509 bits per heavy atom. The molecule has 0 aliphatic carbocycles. The molecule has 0 saturated carbocycles. The van der Waals surface area contributed by atoms with Gasteiger partial charge in [-0.3, -0.25) is 4.90 Å². The van der Waals surface area contributed by atoms with Gasteiger partial charge in [-0.1, -0.05) is 103 Å². The number of aromatic nitrogens is 3. The van der Waals surface area contributed by atoms with Crippen molar-refractivity contribution in [3.63, 3.8) is 0 Å². The maximum absolute atomic E-state index is 6.46. The Hall–Kier alpha value is -6.60. The number of para-hydroxylation sites is 2. The zero-order chi connectivity index (χ0) is 35.9. The van der Waals surface area contributed by atoms with Gasteiger partial charge in [-0.2, -0.15) is 0 Å². The molecule has 0 amide bonds. The molecule has 7 nitrogen and oxygen atoms in total. The van der Waals surface area contributed by atoms with E-state index in [9.17, 15) is 0 Å². The van der Waals surface area contributed by atoms with Gasteiger partial charge in [-0.15, -0.1) is 0 Å². The Bertz CT molecular complexity index is 2690.